The molecule has 0 aromatic heterocycles. The van der Waals surface area contributed by atoms with E-state index < -0.39 is 0 Å². The molecule has 1 unspecified atom stereocenters. The Bertz CT molecular complexity index is 727. The van der Waals surface area contributed by atoms with Gasteiger partial charge in [-0.3, -0.25) is 9.59 Å². The van der Waals surface area contributed by atoms with E-state index in [1.54, 1.807) is 24.1 Å². The molecule has 0 saturated carbocycles. The Morgan fingerprint density at radius 3 is 2.50 bits per heavy atom. The number of rotatable bonds is 4. The number of ketones is 1. The fraction of sp³-hybridized carbons (Fsp3) is 0.300. The molecule has 0 N–H and O–H groups in total. The van der Waals surface area contributed by atoms with Crippen molar-refractivity contribution in [2.75, 3.05) is 20.2 Å². The van der Waals surface area contributed by atoms with E-state index in [1.165, 1.54) is 0 Å². The molecule has 0 aliphatic carbocycles. The molecular weight excluding hydrogens is 302 g/mol. The van der Waals surface area contributed by atoms with Crippen molar-refractivity contribution in [3.05, 3.63) is 65.7 Å². The molecule has 1 fully saturated rings. The van der Waals surface area contributed by atoms with E-state index in [0.29, 0.717) is 30.0 Å². The van der Waals surface area contributed by atoms with Crippen LogP contribution in [0.3, 0.4) is 0 Å². The second-order valence-corrected chi connectivity index (χ2v) is 6.02. The zero-order chi connectivity index (χ0) is 16.9. The van der Waals surface area contributed by atoms with Crippen LogP contribution in [0.4, 0.5) is 0 Å². The maximum absolute atomic E-state index is 12.9. The van der Waals surface area contributed by atoms with Crippen LogP contribution >= 0.6 is 0 Å². The first-order valence-corrected chi connectivity index (χ1v) is 8.22. The van der Waals surface area contributed by atoms with Crippen molar-refractivity contribution >= 4 is 11.7 Å². The summed E-state index contributed by atoms with van der Waals surface area (Å²) in [6.45, 7) is 1.16. The van der Waals surface area contributed by atoms with Gasteiger partial charge in [-0.05, 0) is 37.1 Å². The minimum absolute atomic E-state index is 0.00636. The number of amides is 1. The van der Waals surface area contributed by atoms with Gasteiger partial charge < -0.3 is 9.64 Å². The van der Waals surface area contributed by atoms with E-state index in [2.05, 4.69) is 0 Å². The van der Waals surface area contributed by atoms with Gasteiger partial charge in [0.2, 0.25) is 0 Å². The number of Topliss-reactive ketones (excluding diaryl/α,β-unsaturated/α-hetero) is 1. The highest BCUT2D eigenvalue weighted by Crippen LogP contribution is 2.26. The minimum Gasteiger partial charge on any atom is -0.496 e. The molecule has 2 aromatic rings. The van der Waals surface area contributed by atoms with Gasteiger partial charge in [0.05, 0.1) is 12.7 Å². The average Bonchev–Trinajstić information content (AvgIpc) is 2.67. The highest BCUT2D eigenvalue weighted by Gasteiger charge is 2.30. The monoisotopic (exact) mass is 323 g/mol. The number of nitrogens with zero attached hydrogens (tertiary/aromatic N) is 1. The topological polar surface area (TPSA) is 46.6 Å². The number of piperidine rings is 1. The van der Waals surface area contributed by atoms with E-state index in [9.17, 15) is 9.59 Å². The molecule has 24 heavy (non-hydrogen) atoms. The lowest BCUT2D eigenvalue weighted by atomic mass is 9.89. The van der Waals surface area contributed by atoms with Crippen molar-refractivity contribution in [2.45, 2.75) is 12.8 Å². The molecule has 1 atom stereocenters. The maximum atomic E-state index is 12.9. The van der Waals surface area contributed by atoms with Gasteiger partial charge in [0.15, 0.2) is 5.78 Å². The zero-order valence-electron chi connectivity index (χ0n) is 13.8. The molecule has 1 heterocycles. The van der Waals surface area contributed by atoms with Crippen LogP contribution in [0.5, 0.6) is 5.75 Å². The number of hydrogen-bond acceptors (Lipinski definition) is 3. The third-order valence-corrected chi connectivity index (χ3v) is 4.47. The molecule has 2 aromatic carbocycles. The Kier molecular flexibility index (Phi) is 4.94. The van der Waals surface area contributed by atoms with Crippen LogP contribution in [-0.2, 0) is 0 Å². The first-order chi connectivity index (χ1) is 11.7. The fourth-order valence-electron chi connectivity index (χ4n) is 3.21. The summed E-state index contributed by atoms with van der Waals surface area (Å²) in [7, 11) is 1.57. The van der Waals surface area contributed by atoms with Crippen molar-refractivity contribution in [1.82, 2.24) is 4.90 Å². The molecule has 4 heteroatoms. The number of hydrogen-bond donors (Lipinski definition) is 0. The molecule has 4 nitrogen and oxygen atoms in total. The summed E-state index contributed by atoms with van der Waals surface area (Å²) in [6.07, 6.45) is 1.64. The van der Waals surface area contributed by atoms with Crippen LogP contribution in [-0.4, -0.2) is 36.8 Å². The summed E-state index contributed by atoms with van der Waals surface area (Å²) < 4.78 is 5.30. The second-order valence-electron chi connectivity index (χ2n) is 6.02. The summed E-state index contributed by atoms with van der Waals surface area (Å²) in [5.74, 6) is 0.461. The average molecular weight is 323 g/mol. The van der Waals surface area contributed by atoms with Crippen molar-refractivity contribution < 1.29 is 14.3 Å². The first kappa shape index (κ1) is 16.2. The molecular formula is C20H21NO3. The minimum atomic E-state index is -0.178. The van der Waals surface area contributed by atoms with Gasteiger partial charge in [0.25, 0.3) is 5.91 Å². The van der Waals surface area contributed by atoms with Crippen molar-refractivity contribution in [2.24, 2.45) is 5.92 Å². The Labute approximate surface area is 142 Å². The van der Waals surface area contributed by atoms with E-state index >= 15 is 0 Å². The van der Waals surface area contributed by atoms with Crippen LogP contribution in [0.1, 0.15) is 33.6 Å². The smallest absolute Gasteiger partial charge is 0.253 e. The van der Waals surface area contributed by atoms with Crippen LogP contribution in [0.25, 0.3) is 0 Å². The third-order valence-electron chi connectivity index (χ3n) is 4.47. The van der Waals surface area contributed by atoms with Gasteiger partial charge in [0, 0.05) is 24.6 Å². The number of methoxy groups -OCH3 is 1. The molecule has 1 aliphatic heterocycles. The predicted molar refractivity (Wildman–Crippen MR) is 92.4 cm³/mol. The Hall–Kier alpha value is -2.62. The lowest BCUT2D eigenvalue weighted by Gasteiger charge is -2.32. The molecule has 3 rings (SSSR count). The lowest BCUT2D eigenvalue weighted by molar-refractivity contribution is 0.0636. The standard InChI is InChI=1S/C20H21NO3/c1-24-18-12-6-5-11-17(18)19(22)16-10-7-13-21(14-16)20(23)15-8-3-2-4-9-15/h2-6,8-9,11-12,16H,7,10,13-14H2,1H3. The number of carbonyl (C=O) groups is 2. The lowest BCUT2D eigenvalue weighted by Crippen LogP contribution is -2.42. The number of likely N-dealkylation sites (tertiary alicyclic amines) is 1. The van der Waals surface area contributed by atoms with Gasteiger partial charge in [-0.2, -0.15) is 0 Å². The van der Waals surface area contributed by atoms with Crippen molar-refractivity contribution in [3.63, 3.8) is 0 Å². The van der Waals surface area contributed by atoms with Crippen LogP contribution in [0.2, 0.25) is 0 Å². The molecule has 0 bridgehead atoms. The van der Waals surface area contributed by atoms with Gasteiger partial charge >= 0.3 is 0 Å². The first-order valence-electron chi connectivity index (χ1n) is 8.22. The van der Waals surface area contributed by atoms with E-state index in [-0.39, 0.29) is 17.6 Å². The quantitative estimate of drug-likeness (QED) is 0.810. The second kappa shape index (κ2) is 7.30. The van der Waals surface area contributed by atoms with Gasteiger partial charge in [-0.1, -0.05) is 30.3 Å². The third kappa shape index (κ3) is 3.32. The predicted octanol–water partition coefficient (Wildman–Crippen LogP) is 3.43. The van der Waals surface area contributed by atoms with Crippen LogP contribution < -0.4 is 4.74 Å². The van der Waals surface area contributed by atoms with Gasteiger partial charge in [-0.15, -0.1) is 0 Å². The van der Waals surface area contributed by atoms with E-state index in [0.717, 1.165) is 12.8 Å². The Morgan fingerprint density at radius 1 is 1.04 bits per heavy atom. The number of carbonyl (C=O) groups excluding carboxylic acids is 2. The Balaban J connectivity index is 1.76. The summed E-state index contributed by atoms with van der Waals surface area (Å²) in [5, 5.41) is 0. The normalized spacial score (nSPS) is 17.4. The zero-order valence-corrected chi connectivity index (χ0v) is 13.8. The molecule has 1 aliphatic rings. The van der Waals surface area contributed by atoms with E-state index in [4.69, 9.17) is 4.74 Å². The van der Waals surface area contributed by atoms with Crippen LogP contribution in [0.15, 0.2) is 54.6 Å². The van der Waals surface area contributed by atoms with Gasteiger partial charge in [0.1, 0.15) is 5.75 Å². The molecule has 0 radical (unpaired) electrons. The largest absolute Gasteiger partial charge is 0.496 e. The summed E-state index contributed by atoms with van der Waals surface area (Å²) in [6, 6.07) is 16.5. The van der Waals surface area contributed by atoms with Crippen LogP contribution in [0, 0.1) is 5.92 Å². The van der Waals surface area contributed by atoms with Crippen molar-refractivity contribution in [1.29, 1.82) is 0 Å². The van der Waals surface area contributed by atoms with Gasteiger partial charge in [-0.25, -0.2) is 0 Å². The molecule has 0 spiro atoms. The number of para-hydroxylation sites is 1. The Morgan fingerprint density at radius 2 is 1.75 bits per heavy atom. The molecule has 124 valence electrons. The summed E-state index contributed by atoms with van der Waals surface area (Å²) >= 11 is 0. The summed E-state index contributed by atoms with van der Waals surface area (Å²) in [5.41, 5.74) is 1.27. The highest BCUT2D eigenvalue weighted by atomic mass is 16.5. The SMILES string of the molecule is COc1ccccc1C(=O)C1CCCN(C(=O)c2ccccc2)C1. The highest BCUT2D eigenvalue weighted by molar-refractivity contribution is 6.01. The number of ether oxygens (including phenoxy) is 1. The summed E-state index contributed by atoms with van der Waals surface area (Å²) in [4.78, 5) is 27.3. The molecule has 1 amide bonds. The van der Waals surface area contributed by atoms with E-state index in [1.807, 2.05) is 42.5 Å². The van der Waals surface area contributed by atoms with Crippen molar-refractivity contribution in [3.8, 4) is 5.75 Å². The fourth-order valence-corrected chi connectivity index (χ4v) is 3.21. The molecule has 1 saturated heterocycles. The maximum Gasteiger partial charge on any atom is 0.253 e. The number of benzene rings is 2.